The van der Waals surface area contributed by atoms with E-state index in [2.05, 4.69) is 5.32 Å². The summed E-state index contributed by atoms with van der Waals surface area (Å²) in [5, 5.41) is 23.0. The molecule has 0 saturated carbocycles. The number of piperidine rings is 1. The molecule has 1 saturated heterocycles. The van der Waals surface area contributed by atoms with Crippen LogP contribution in [0.3, 0.4) is 0 Å². The first-order valence-corrected chi connectivity index (χ1v) is 6.23. The Hall–Kier alpha value is -2.13. The maximum atomic E-state index is 10.9. The number of nitrogens with zero attached hydrogens (tertiary/aromatic N) is 2. The minimum absolute atomic E-state index is 0.0947. The molecule has 1 aromatic rings. The summed E-state index contributed by atoms with van der Waals surface area (Å²) in [5.74, 6) is 0.536. The summed E-state index contributed by atoms with van der Waals surface area (Å²) in [6.07, 6.45) is 2.15. The fraction of sp³-hybridized carbons (Fsp3) is 0.462. The summed E-state index contributed by atoms with van der Waals surface area (Å²) in [4.78, 5) is 10.4. The Morgan fingerprint density at radius 3 is 3.05 bits per heavy atom. The van der Waals surface area contributed by atoms with E-state index >= 15 is 0 Å². The van der Waals surface area contributed by atoms with E-state index in [-0.39, 0.29) is 11.4 Å². The normalized spacial score (nSPS) is 18.6. The van der Waals surface area contributed by atoms with E-state index in [1.807, 2.05) is 6.07 Å². The number of nitrogens with one attached hydrogen (secondary N) is 1. The number of rotatable bonds is 4. The van der Waals surface area contributed by atoms with Gasteiger partial charge in [-0.2, -0.15) is 5.26 Å². The van der Waals surface area contributed by atoms with Crippen LogP contribution in [0.15, 0.2) is 18.2 Å². The van der Waals surface area contributed by atoms with Crippen LogP contribution in [0.4, 0.5) is 5.69 Å². The van der Waals surface area contributed by atoms with Crippen LogP contribution in [0.1, 0.15) is 18.4 Å². The summed E-state index contributed by atoms with van der Waals surface area (Å²) in [6.45, 7) is 2.31. The number of hydrogen-bond donors (Lipinski definition) is 1. The van der Waals surface area contributed by atoms with Crippen molar-refractivity contribution in [2.24, 2.45) is 5.92 Å². The zero-order valence-corrected chi connectivity index (χ0v) is 10.5. The van der Waals surface area contributed by atoms with Crippen LogP contribution in [0, 0.1) is 27.4 Å². The fourth-order valence-corrected chi connectivity index (χ4v) is 2.12. The van der Waals surface area contributed by atoms with Crippen LogP contribution in [-0.4, -0.2) is 24.6 Å². The van der Waals surface area contributed by atoms with Gasteiger partial charge in [0, 0.05) is 24.6 Å². The summed E-state index contributed by atoms with van der Waals surface area (Å²) in [7, 11) is 0. The first kappa shape index (κ1) is 13.3. The van der Waals surface area contributed by atoms with Crippen LogP contribution >= 0.6 is 0 Å². The molecule has 0 bridgehead atoms. The van der Waals surface area contributed by atoms with Crippen LogP contribution in [0.2, 0.25) is 0 Å². The molecule has 0 spiro atoms. The Labute approximate surface area is 111 Å². The van der Waals surface area contributed by atoms with E-state index in [0.29, 0.717) is 18.1 Å². The topological polar surface area (TPSA) is 88.2 Å². The van der Waals surface area contributed by atoms with E-state index < -0.39 is 4.92 Å². The van der Waals surface area contributed by atoms with Crippen molar-refractivity contribution in [3.8, 4) is 11.8 Å². The predicted octanol–water partition coefficient (Wildman–Crippen LogP) is 1.84. The van der Waals surface area contributed by atoms with Gasteiger partial charge in [0.1, 0.15) is 0 Å². The molecule has 1 N–H and O–H groups in total. The standard InChI is InChI=1S/C13H15N3O3/c14-7-10-3-4-12(16(17)18)13(6-10)19-9-11-2-1-5-15-8-11/h3-4,6,11,15H,1-2,5,8-9H2. The summed E-state index contributed by atoms with van der Waals surface area (Å²) in [5.41, 5.74) is 0.269. The minimum atomic E-state index is -0.490. The van der Waals surface area contributed by atoms with Crippen LogP contribution in [0.5, 0.6) is 5.75 Å². The summed E-state index contributed by atoms with van der Waals surface area (Å²) < 4.78 is 5.55. The maximum absolute atomic E-state index is 10.9. The number of nitro groups is 1. The zero-order chi connectivity index (χ0) is 13.7. The van der Waals surface area contributed by atoms with Crippen LogP contribution in [0.25, 0.3) is 0 Å². The molecule has 0 radical (unpaired) electrons. The predicted molar refractivity (Wildman–Crippen MR) is 68.9 cm³/mol. The maximum Gasteiger partial charge on any atom is 0.311 e. The Morgan fingerprint density at radius 1 is 1.58 bits per heavy atom. The first-order valence-electron chi connectivity index (χ1n) is 6.23. The van der Waals surface area contributed by atoms with Gasteiger partial charge in [-0.25, -0.2) is 0 Å². The quantitative estimate of drug-likeness (QED) is 0.660. The largest absolute Gasteiger partial charge is 0.486 e. The van der Waals surface area contributed by atoms with E-state index in [1.165, 1.54) is 18.2 Å². The molecule has 1 unspecified atom stereocenters. The SMILES string of the molecule is N#Cc1ccc([N+](=O)[O-])c(OCC2CCCNC2)c1. The Balaban J connectivity index is 2.08. The molecule has 1 aliphatic heterocycles. The molecule has 19 heavy (non-hydrogen) atoms. The van der Waals surface area contributed by atoms with Gasteiger partial charge in [-0.15, -0.1) is 0 Å². The van der Waals surface area contributed by atoms with Crippen molar-refractivity contribution >= 4 is 5.69 Å². The highest BCUT2D eigenvalue weighted by Crippen LogP contribution is 2.28. The van der Waals surface area contributed by atoms with Gasteiger partial charge >= 0.3 is 5.69 Å². The highest BCUT2D eigenvalue weighted by atomic mass is 16.6. The van der Waals surface area contributed by atoms with Gasteiger partial charge in [0.2, 0.25) is 0 Å². The van der Waals surface area contributed by atoms with Gasteiger partial charge in [-0.05, 0) is 25.5 Å². The number of nitriles is 1. The number of nitro benzene ring substituents is 1. The van der Waals surface area contributed by atoms with Crippen molar-refractivity contribution in [2.75, 3.05) is 19.7 Å². The lowest BCUT2D eigenvalue weighted by Crippen LogP contribution is -2.33. The summed E-state index contributed by atoms with van der Waals surface area (Å²) in [6, 6.07) is 6.12. The second-order valence-electron chi connectivity index (χ2n) is 4.57. The molecule has 0 amide bonds. The van der Waals surface area contributed by atoms with Crippen molar-refractivity contribution in [1.82, 2.24) is 5.32 Å². The van der Waals surface area contributed by atoms with Gasteiger partial charge < -0.3 is 10.1 Å². The molecule has 1 atom stereocenters. The second-order valence-corrected chi connectivity index (χ2v) is 4.57. The van der Waals surface area contributed by atoms with Gasteiger partial charge in [0.15, 0.2) is 5.75 Å². The van der Waals surface area contributed by atoms with E-state index in [1.54, 1.807) is 0 Å². The third-order valence-corrected chi connectivity index (χ3v) is 3.16. The number of benzene rings is 1. The minimum Gasteiger partial charge on any atom is -0.486 e. The molecule has 0 aromatic heterocycles. The van der Waals surface area contributed by atoms with Crippen molar-refractivity contribution in [3.05, 3.63) is 33.9 Å². The molecule has 100 valence electrons. The second kappa shape index (κ2) is 6.16. The van der Waals surface area contributed by atoms with Gasteiger partial charge in [0.05, 0.1) is 23.2 Å². The van der Waals surface area contributed by atoms with E-state index in [9.17, 15) is 10.1 Å². The molecular formula is C13H15N3O3. The summed E-state index contributed by atoms with van der Waals surface area (Å²) >= 11 is 0. The third-order valence-electron chi connectivity index (χ3n) is 3.16. The van der Waals surface area contributed by atoms with Gasteiger partial charge in [0.25, 0.3) is 0 Å². The Morgan fingerprint density at radius 2 is 2.42 bits per heavy atom. The monoisotopic (exact) mass is 261 g/mol. The van der Waals surface area contributed by atoms with E-state index in [0.717, 1.165) is 25.9 Å². The molecular weight excluding hydrogens is 246 g/mol. The average molecular weight is 261 g/mol. The third kappa shape index (κ3) is 3.42. The lowest BCUT2D eigenvalue weighted by molar-refractivity contribution is -0.385. The smallest absolute Gasteiger partial charge is 0.311 e. The highest BCUT2D eigenvalue weighted by Gasteiger charge is 2.19. The number of ether oxygens (including phenoxy) is 1. The van der Waals surface area contributed by atoms with Crippen molar-refractivity contribution < 1.29 is 9.66 Å². The van der Waals surface area contributed by atoms with Crippen LogP contribution in [-0.2, 0) is 0 Å². The number of hydrogen-bond acceptors (Lipinski definition) is 5. The molecule has 6 heteroatoms. The fourth-order valence-electron chi connectivity index (χ4n) is 2.12. The highest BCUT2D eigenvalue weighted by molar-refractivity contribution is 5.51. The lowest BCUT2D eigenvalue weighted by atomic mass is 10.0. The van der Waals surface area contributed by atoms with Crippen molar-refractivity contribution in [1.29, 1.82) is 5.26 Å². The van der Waals surface area contributed by atoms with Gasteiger partial charge in [-0.1, -0.05) is 0 Å². The lowest BCUT2D eigenvalue weighted by Gasteiger charge is -2.22. The van der Waals surface area contributed by atoms with E-state index in [4.69, 9.17) is 10.00 Å². The van der Waals surface area contributed by atoms with Gasteiger partial charge in [-0.3, -0.25) is 10.1 Å². The van der Waals surface area contributed by atoms with Crippen molar-refractivity contribution in [2.45, 2.75) is 12.8 Å². The zero-order valence-electron chi connectivity index (χ0n) is 10.5. The molecule has 1 aromatic carbocycles. The first-order chi connectivity index (χ1) is 9.20. The average Bonchev–Trinajstić information content (AvgIpc) is 2.45. The molecule has 1 heterocycles. The molecule has 2 rings (SSSR count). The molecule has 0 aliphatic carbocycles. The Bertz CT molecular complexity index is 504. The molecule has 6 nitrogen and oxygen atoms in total. The molecule has 1 aliphatic rings. The molecule has 1 fully saturated rings. The Kier molecular flexibility index (Phi) is 4.31. The van der Waals surface area contributed by atoms with Crippen LogP contribution < -0.4 is 10.1 Å². The van der Waals surface area contributed by atoms with Crippen molar-refractivity contribution in [3.63, 3.8) is 0 Å².